The Bertz CT molecular complexity index is 623. The van der Waals surface area contributed by atoms with E-state index in [1.165, 1.54) is 0 Å². The van der Waals surface area contributed by atoms with Gasteiger partial charge in [-0.1, -0.05) is 24.6 Å². The van der Waals surface area contributed by atoms with E-state index in [2.05, 4.69) is 10.4 Å². The highest BCUT2D eigenvalue weighted by atomic mass is 35.5. The molecule has 0 aliphatic heterocycles. The van der Waals surface area contributed by atoms with Crippen molar-refractivity contribution in [3.05, 3.63) is 41.2 Å². The molecular formula is C14H17ClN4O. The molecule has 5 nitrogen and oxygen atoms in total. The maximum atomic E-state index is 11.3. The number of carbonyl (C=O) groups excluding carboxylic acids is 1. The monoisotopic (exact) mass is 292 g/mol. The number of hydrogen-bond acceptors (Lipinski definition) is 3. The molecule has 0 aliphatic carbocycles. The Morgan fingerprint density at radius 3 is 2.90 bits per heavy atom. The molecule has 0 saturated carbocycles. The first-order chi connectivity index (χ1) is 9.52. The zero-order valence-corrected chi connectivity index (χ0v) is 12.2. The van der Waals surface area contributed by atoms with Gasteiger partial charge in [-0.3, -0.25) is 4.79 Å². The molecule has 1 heterocycles. The molecular weight excluding hydrogens is 276 g/mol. The zero-order chi connectivity index (χ0) is 14.7. The van der Waals surface area contributed by atoms with Crippen LogP contribution in [0.5, 0.6) is 0 Å². The SMILES string of the molecule is CC[C@H](Nc1cnn(-c2cccc(Cl)c2)c1C)C(N)=O. The summed E-state index contributed by atoms with van der Waals surface area (Å²) in [5.41, 5.74) is 7.89. The van der Waals surface area contributed by atoms with E-state index < -0.39 is 6.04 Å². The first-order valence-electron chi connectivity index (χ1n) is 6.39. The number of nitrogens with two attached hydrogens (primary N) is 1. The van der Waals surface area contributed by atoms with Crippen molar-refractivity contribution < 1.29 is 4.79 Å². The number of halogens is 1. The summed E-state index contributed by atoms with van der Waals surface area (Å²) in [5.74, 6) is -0.373. The van der Waals surface area contributed by atoms with Crippen LogP contribution in [0, 0.1) is 6.92 Å². The summed E-state index contributed by atoms with van der Waals surface area (Å²) < 4.78 is 1.77. The molecule has 106 valence electrons. The van der Waals surface area contributed by atoms with Crippen molar-refractivity contribution >= 4 is 23.2 Å². The standard InChI is InChI=1S/C14H17ClN4O/c1-3-12(14(16)20)18-13-8-17-19(9(13)2)11-6-4-5-10(15)7-11/h4-8,12,18H,3H2,1-2H3,(H2,16,20)/t12-/m0/s1. The van der Waals surface area contributed by atoms with Crippen LogP contribution in [0.2, 0.25) is 5.02 Å². The van der Waals surface area contributed by atoms with Crippen LogP contribution < -0.4 is 11.1 Å². The number of rotatable bonds is 5. The number of carbonyl (C=O) groups is 1. The topological polar surface area (TPSA) is 72.9 Å². The summed E-state index contributed by atoms with van der Waals surface area (Å²) in [6.07, 6.45) is 2.30. The van der Waals surface area contributed by atoms with Crippen LogP contribution >= 0.6 is 11.6 Å². The van der Waals surface area contributed by atoms with E-state index in [4.69, 9.17) is 17.3 Å². The van der Waals surface area contributed by atoms with E-state index in [1.54, 1.807) is 10.9 Å². The highest BCUT2D eigenvalue weighted by molar-refractivity contribution is 6.30. The van der Waals surface area contributed by atoms with Crippen molar-refractivity contribution in [3.8, 4) is 5.69 Å². The first-order valence-corrected chi connectivity index (χ1v) is 6.77. The van der Waals surface area contributed by atoms with E-state index in [1.807, 2.05) is 38.1 Å². The molecule has 3 N–H and O–H groups in total. The minimum absolute atomic E-state index is 0.373. The van der Waals surface area contributed by atoms with Gasteiger partial charge < -0.3 is 11.1 Å². The maximum absolute atomic E-state index is 11.3. The fourth-order valence-corrected chi connectivity index (χ4v) is 2.17. The summed E-state index contributed by atoms with van der Waals surface area (Å²) in [7, 11) is 0. The highest BCUT2D eigenvalue weighted by Crippen LogP contribution is 2.21. The summed E-state index contributed by atoms with van der Waals surface area (Å²) in [6.45, 7) is 3.82. The summed E-state index contributed by atoms with van der Waals surface area (Å²) in [4.78, 5) is 11.3. The van der Waals surface area contributed by atoms with E-state index in [9.17, 15) is 4.79 Å². The van der Waals surface area contributed by atoms with Gasteiger partial charge in [-0.05, 0) is 31.5 Å². The number of aromatic nitrogens is 2. The first kappa shape index (κ1) is 14.4. The number of nitrogens with one attached hydrogen (secondary N) is 1. The smallest absolute Gasteiger partial charge is 0.239 e. The van der Waals surface area contributed by atoms with Crippen LogP contribution in [0.4, 0.5) is 5.69 Å². The van der Waals surface area contributed by atoms with Gasteiger partial charge in [-0.2, -0.15) is 5.10 Å². The molecule has 1 atom stereocenters. The van der Waals surface area contributed by atoms with Crippen molar-refractivity contribution in [2.24, 2.45) is 5.73 Å². The number of nitrogens with zero attached hydrogens (tertiary/aromatic N) is 2. The van der Waals surface area contributed by atoms with E-state index in [0.717, 1.165) is 17.1 Å². The second-order valence-electron chi connectivity index (χ2n) is 4.54. The van der Waals surface area contributed by atoms with Crippen LogP contribution in [0.25, 0.3) is 5.69 Å². The van der Waals surface area contributed by atoms with Gasteiger partial charge in [-0.15, -0.1) is 0 Å². The van der Waals surface area contributed by atoms with E-state index in [-0.39, 0.29) is 5.91 Å². The molecule has 2 rings (SSSR count). The minimum atomic E-state index is -0.397. The van der Waals surface area contributed by atoms with Gasteiger partial charge in [0.15, 0.2) is 0 Å². The predicted octanol–water partition coefficient (Wildman–Crippen LogP) is 2.51. The van der Waals surface area contributed by atoms with Crippen LogP contribution in [-0.2, 0) is 4.79 Å². The number of anilines is 1. The Morgan fingerprint density at radius 1 is 1.55 bits per heavy atom. The lowest BCUT2D eigenvalue weighted by Crippen LogP contribution is -2.34. The molecule has 0 spiro atoms. The lowest BCUT2D eigenvalue weighted by atomic mass is 10.2. The molecule has 1 amide bonds. The van der Waals surface area contributed by atoms with E-state index >= 15 is 0 Å². The maximum Gasteiger partial charge on any atom is 0.239 e. The Balaban J connectivity index is 2.29. The van der Waals surface area contributed by atoms with Gasteiger partial charge in [0, 0.05) is 5.02 Å². The molecule has 0 radical (unpaired) electrons. The third-order valence-corrected chi connectivity index (χ3v) is 3.38. The van der Waals surface area contributed by atoms with Crippen LogP contribution in [-0.4, -0.2) is 21.7 Å². The Hall–Kier alpha value is -2.01. The number of hydrogen-bond donors (Lipinski definition) is 2. The quantitative estimate of drug-likeness (QED) is 0.889. The zero-order valence-electron chi connectivity index (χ0n) is 11.4. The minimum Gasteiger partial charge on any atom is -0.371 e. The van der Waals surface area contributed by atoms with Crippen LogP contribution in [0.15, 0.2) is 30.5 Å². The fourth-order valence-electron chi connectivity index (χ4n) is 1.98. The van der Waals surface area contributed by atoms with Crippen molar-refractivity contribution in [1.82, 2.24) is 9.78 Å². The van der Waals surface area contributed by atoms with Crippen molar-refractivity contribution in [3.63, 3.8) is 0 Å². The summed E-state index contributed by atoms with van der Waals surface area (Å²) in [6, 6.07) is 7.02. The molecule has 0 aliphatic rings. The highest BCUT2D eigenvalue weighted by Gasteiger charge is 2.16. The molecule has 0 fully saturated rings. The van der Waals surface area contributed by atoms with Crippen molar-refractivity contribution in [1.29, 1.82) is 0 Å². The molecule has 1 aromatic carbocycles. The van der Waals surface area contributed by atoms with Crippen LogP contribution in [0.1, 0.15) is 19.0 Å². The molecule has 1 aromatic heterocycles. The van der Waals surface area contributed by atoms with Gasteiger partial charge in [0.05, 0.1) is 23.3 Å². The molecule has 20 heavy (non-hydrogen) atoms. The third kappa shape index (κ3) is 2.93. The second-order valence-corrected chi connectivity index (χ2v) is 4.98. The normalized spacial score (nSPS) is 12.2. The fraction of sp³-hybridized carbons (Fsp3) is 0.286. The predicted molar refractivity (Wildman–Crippen MR) is 80.2 cm³/mol. The van der Waals surface area contributed by atoms with Gasteiger partial charge in [0.2, 0.25) is 5.91 Å². The number of amides is 1. The van der Waals surface area contributed by atoms with E-state index in [0.29, 0.717) is 11.4 Å². The Labute approximate surface area is 122 Å². The Morgan fingerprint density at radius 2 is 2.30 bits per heavy atom. The van der Waals surface area contributed by atoms with Gasteiger partial charge >= 0.3 is 0 Å². The van der Waals surface area contributed by atoms with Gasteiger partial charge in [-0.25, -0.2) is 4.68 Å². The average molecular weight is 293 g/mol. The van der Waals surface area contributed by atoms with Crippen LogP contribution in [0.3, 0.4) is 0 Å². The van der Waals surface area contributed by atoms with Gasteiger partial charge in [0.25, 0.3) is 0 Å². The lowest BCUT2D eigenvalue weighted by Gasteiger charge is -2.14. The van der Waals surface area contributed by atoms with Crippen molar-refractivity contribution in [2.75, 3.05) is 5.32 Å². The molecule has 2 aromatic rings. The summed E-state index contributed by atoms with van der Waals surface area (Å²) >= 11 is 5.98. The molecule has 0 unspecified atom stereocenters. The summed E-state index contributed by atoms with van der Waals surface area (Å²) in [5, 5.41) is 8.08. The van der Waals surface area contributed by atoms with Gasteiger partial charge in [0.1, 0.15) is 6.04 Å². The van der Waals surface area contributed by atoms with Crippen molar-refractivity contribution in [2.45, 2.75) is 26.3 Å². The molecule has 6 heteroatoms. The lowest BCUT2D eigenvalue weighted by molar-refractivity contribution is -0.118. The second kappa shape index (κ2) is 5.96. The number of benzene rings is 1. The average Bonchev–Trinajstić information content (AvgIpc) is 2.77. The third-order valence-electron chi connectivity index (χ3n) is 3.14. The molecule has 0 bridgehead atoms. The molecule has 0 saturated heterocycles. The largest absolute Gasteiger partial charge is 0.371 e. The number of primary amides is 1. The Kier molecular flexibility index (Phi) is 4.29.